The normalized spacial score (nSPS) is 38.2. The molecule has 5 aliphatic rings. The predicted octanol–water partition coefficient (Wildman–Crippen LogP) is 2.98. The van der Waals surface area contributed by atoms with Crippen LogP contribution in [0.2, 0.25) is 0 Å². The molecule has 4 aliphatic carbocycles. The van der Waals surface area contributed by atoms with Crippen LogP contribution in [-0.2, 0) is 9.53 Å². The van der Waals surface area contributed by atoms with Crippen LogP contribution in [0.1, 0.15) is 57.8 Å². The topological polar surface area (TPSA) is 55.6 Å². The number of hydrogen-bond acceptors (Lipinski definition) is 3. The molecule has 4 bridgehead atoms. The molecule has 1 saturated heterocycles. The van der Waals surface area contributed by atoms with Crippen molar-refractivity contribution in [2.24, 2.45) is 28.9 Å². The molecule has 0 atom stereocenters. The summed E-state index contributed by atoms with van der Waals surface area (Å²) in [5.74, 6) is 3.05. The number of nitrogens with zero attached hydrogens (tertiary/aromatic N) is 1. The highest BCUT2D eigenvalue weighted by atomic mass is 35.5. The fourth-order valence-electron chi connectivity index (χ4n) is 6.27. The number of carbonyl (C=O) groups excluding carboxylic acids is 1. The lowest BCUT2D eigenvalue weighted by Crippen LogP contribution is -2.56. The SMILES string of the molecule is Cl.NCCCOC1CCN(C(=O)C23CC4CC(CC(C4)C2)C3)CC1. The minimum absolute atomic E-state index is 0. The molecule has 5 heteroatoms. The Kier molecular flexibility index (Phi) is 5.78. The Morgan fingerprint density at radius 1 is 1.04 bits per heavy atom. The molecule has 0 aromatic rings. The van der Waals surface area contributed by atoms with Crippen LogP contribution in [0.3, 0.4) is 0 Å². The summed E-state index contributed by atoms with van der Waals surface area (Å²) >= 11 is 0. The number of rotatable bonds is 5. The Bertz CT molecular complexity index is 413. The molecule has 0 aromatic heterocycles. The first-order chi connectivity index (χ1) is 11.2. The summed E-state index contributed by atoms with van der Waals surface area (Å²) in [5.41, 5.74) is 5.55. The molecule has 138 valence electrons. The average Bonchev–Trinajstić information content (AvgIpc) is 2.54. The van der Waals surface area contributed by atoms with Crippen molar-refractivity contribution in [1.29, 1.82) is 0 Å². The third kappa shape index (κ3) is 3.47. The summed E-state index contributed by atoms with van der Waals surface area (Å²) in [7, 11) is 0. The average molecular weight is 357 g/mol. The van der Waals surface area contributed by atoms with Crippen molar-refractivity contribution >= 4 is 18.3 Å². The van der Waals surface area contributed by atoms with Gasteiger partial charge in [-0.25, -0.2) is 0 Å². The Labute approximate surface area is 152 Å². The first kappa shape index (κ1) is 18.5. The van der Waals surface area contributed by atoms with Crippen LogP contribution < -0.4 is 5.73 Å². The molecule has 1 heterocycles. The zero-order valence-corrected chi connectivity index (χ0v) is 15.6. The maximum atomic E-state index is 13.3. The summed E-state index contributed by atoms with van der Waals surface area (Å²) in [6, 6.07) is 0. The van der Waals surface area contributed by atoms with E-state index in [4.69, 9.17) is 10.5 Å². The van der Waals surface area contributed by atoms with Gasteiger partial charge in [0.25, 0.3) is 0 Å². The van der Waals surface area contributed by atoms with E-state index < -0.39 is 0 Å². The van der Waals surface area contributed by atoms with Gasteiger partial charge in [0.1, 0.15) is 0 Å². The molecule has 4 saturated carbocycles. The van der Waals surface area contributed by atoms with Crippen LogP contribution in [0.5, 0.6) is 0 Å². The van der Waals surface area contributed by atoms with Gasteiger partial charge in [-0.1, -0.05) is 0 Å². The van der Waals surface area contributed by atoms with Gasteiger partial charge in [0, 0.05) is 19.7 Å². The smallest absolute Gasteiger partial charge is 0.228 e. The fourth-order valence-corrected chi connectivity index (χ4v) is 6.27. The molecule has 5 rings (SSSR count). The number of carbonyl (C=O) groups is 1. The van der Waals surface area contributed by atoms with Crippen LogP contribution in [0.25, 0.3) is 0 Å². The van der Waals surface area contributed by atoms with E-state index in [0.717, 1.165) is 56.7 Å². The molecule has 4 nitrogen and oxygen atoms in total. The summed E-state index contributed by atoms with van der Waals surface area (Å²) in [5, 5.41) is 0. The number of likely N-dealkylation sites (tertiary alicyclic amines) is 1. The number of nitrogens with two attached hydrogens (primary N) is 1. The highest BCUT2D eigenvalue weighted by Gasteiger charge is 2.55. The van der Waals surface area contributed by atoms with E-state index in [1.165, 1.54) is 38.5 Å². The van der Waals surface area contributed by atoms with Crippen molar-refractivity contribution < 1.29 is 9.53 Å². The van der Waals surface area contributed by atoms with E-state index >= 15 is 0 Å². The lowest BCUT2D eigenvalue weighted by atomic mass is 9.49. The molecule has 2 N–H and O–H groups in total. The minimum Gasteiger partial charge on any atom is -0.378 e. The molecule has 0 aromatic carbocycles. The van der Waals surface area contributed by atoms with E-state index in [2.05, 4.69) is 4.90 Å². The summed E-state index contributed by atoms with van der Waals surface area (Å²) in [6.07, 6.45) is 11.1. The van der Waals surface area contributed by atoms with Crippen molar-refractivity contribution in [3.05, 3.63) is 0 Å². The second kappa shape index (κ2) is 7.51. The van der Waals surface area contributed by atoms with Gasteiger partial charge in [-0.15, -0.1) is 12.4 Å². The Morgan fingerprint density at radius 2 is 1.58 bits per heavy atom. The molecular weight excluding hydrogens is 324 g/mol. The van der Waals surface area contributed by atoms with E-state index in [1.807, 2.05) is 0 Å². The zero-order chi connectivity index (χ0) is 15.9. The van der Waals surface area contributed by atoms with Gasteiger partial charge in [-0.3, -0.25) is 4.79 Å². The Hall–Kier alpha value is -0.320. The molecular formula is C19H33ClN2O2. The van der Waals surface area contributed by atoms with Crippen molar-refractivity contribution in [3.8, 4) is 0 Å². The lowest BCUT2D eigenvalue weighted by Gasteiger charge is -2.57. The van der Waals surface area contributed by atoms with E-state index in [9.17, 15) is 4.79 Å². The minimum atomic E-state index is 0. The first-order valence-corrected chi connectivity index (χ1v) is 9.79. The number of hydrogen-bond donors (Lipinski definition) is 1. The van der Waals surface area contributed by atoms with Gasteiger partial charge in [-0.2, -0.15) is 0 Å². The lowest BCUT2D eigenvalue weighted by molar-refractivity contribution is -0.160. The van der Waals surface area contributed by atoms with Gasteiger partial charge in [-0.05, 0) is 82.1 Å². The highest BCUT2D eigenvalue weighted by molar-refractivity contribution is 5.85. The van der Waals surface area contributed by atoms with Crippen LogP contribution in [-0.4, -0.2) is 43.2 Å². The van der Waals surface area contributed by atoms with Crippen LogP contribution in [0.4, 0.5) is 0 Å². The monoisotopic (exact) mass is 356 g/mol. The zero-order valence-electron chi connectivity index (χ0n) is 14.8. The molecule has 24 heavy (non-hydrogen) atoms. The summed E-state index contributed by atoms with van der Waals surface area (Å²) in [4.78, 5) is 15.5. The molecule has 1 aliphatic heterocycles. The third-order valence-corrected chi connectivity index (χ3v) is 6.92. The van der Waals surface area contributed by atoms with Crippen molar-refractivity contribution in [2.75, 3.05) is 26.2 Å². The number of ether oxygens (including phenoxy) is 1. The summed E-state index contributed by atoms with van der Waals surface area (Å²) in [6.45, 7) is 3.26. The standard InChI is InChI=1S/C19H32N2O2.ClH/c20-4-1-7-23-17-2-5-21(6-3-17)18(22)19-11-14-8-15(12-19)10-16(9-14)13-19;/h14-17H,1-13,20H2;1H. The fraction of sp³-hybridized carbons (Fsp3) is 0.947. The van der Waals surface area contributed by atoms with E-state index in [1.54, 1.807) is 0 Å². The maximum Gasteiger partial charge on any atom is 0.228 e. The van der Waals surface area contributed by atoms with Crippen LogP contribution in [0, 0.1) is 23.2 Å². The van der Waals surface area contributed by atoms with Gasteiger partial charge in [0.2, 0.25) is 5.91 Å². The molecule has 0 spiro atoms. The first-order valence-electron chi connectivity index (χ1n) is 9.79. The van der Waals surface area contributed by atoms with Crippen molar-refractivity contribution in [1.82, 2.24) is 4.90 Å². The largest absolute Gasteiger partial charge is 0.378 e. The van der Waals surface area contributed by atoms with E-state index in [0.29, 0.717) is 18.6 Å². The van der Waals surface area contributed by atoms with Crippen molar-refractivity contribution in [2.45, 2.75) is 63.9 Å². The van der Waals surface area contributed by atoms with Gasteiger partial charge in [0.15, 0.2) is 0 Å². The molecule has 5 fully saturated rings. The third-order valence-electron chi connectivity index (χ3n) is 6.92. The summed E-state index contributed by atoms with van der Waals surface area (Å²) < 4.78 is 5.88. The van der Waals surface area contributed by atoms with E-state index in [-0.39, 0.29) is 17.8 Å². The van der Waals surface area contributed by atoms with Crippen molar-refractivity contribution in [3.63, 3.8) is 0 Å². The second-order valence-corrected chi connectivity index (χ2v) is 8.70. The van der Waals surface area contributed by atoms with Crippen LogP contribution in [0.15, 0.2) is 0 Å². The molecule has 0 unspecified atom stereocenters. The quantitative estimate of drug-likeness (QED) is 0.770. The predicted molar refractivity (Wildman–Crippen MR) is 97.1 cm³/mol. The Balaban J connectivity index is 0.00000169. The Morgan fingerprint density at radius 3 is 2.08 bits per heavy atom. The number of amides is 1. The second-order valence-electron chi connectivity index (χ2n) is 8.70. The van der Waals surface area contributed by atoms with Gasteiger partial charge < -0.3 is 15.4 Å². The maximum absolute atomic E-state index is 13.3. The number of piperidine rings is 1. The van der Waals surface area contributed by atoms with Gasteiger partial charge in [0.05, 0.1) is 11.5 Å². The molecule has 0 radical (unpaired) electrons. The highest BCUT2D eigenvalue weighted by Crippen LogP contribution is 2.60. The van der Waals surface area contributed by atoms with Crippen LogP contribution >= 0.6 is 12.4 Å². The molecule has 1 amide bonds. The number of halogens is 1. The van der Waals surface area contributed by atoms with Gasteiger partial charge >= 0.3 is 0 Å².